The topological polar surface area (TPSA) is 9.23 Å². The lowest BCUT2D eigenvalue weighted by atomic mass is 10.5. The number of hydrogen-bond donors (Lipinski definition) is 0. The van der Waals surface area contributed by atoms with E-state index in [2.05, 4.69) is 27.7 Å². The highest BCUT2D eigenvalue weighted by Gasteiger charge is 2.18. The molecule has 2 nitrogen and oxygen atoms in total. The lowest BCUT2D eigenvalue weighted by Crippen LogP contribution is -2.44. The number of quaternary nitrogens is 1. The number of hydrogen-bond acceptors (Lipinski definition) is 1. The van der Waals surface area contributed by atoms with Gasteiger partial charge in [0.1, 0.15) is 0 Å². The van der Waals surface area contributed by atoms with Gasteiger partial charge < -0.3 is 4.74 Å². The van der Waals surface area contributed by atoms with Crippen LogP contribution in [0.15, 0.2) is 12.3 Å². The SMILES string of the molecule is C=C(C)OC(C)[N+](C)(C)C. The zero-order chi connectivity index (χ0) is 8.36. The predicted octanol–water partition coefficient (Wildman–Crippen LogP) is 1.59. The summed E-state index contributed by atoms with van der Waals surface area (Å²) in [4.78, 5) is 0. The second-order valence-electron chi connectivity index (χ2n) is 3.54. The number of rotatable bonds is 3. The van der Waals surface area contributed by atoms with E-state index in [1.165, 1.54) is 0 Å². The lowest BCUT2D eigenvalue weighted by molar-refractivity contribution is -0.915. The van der Waals surface area contributed by atoms with E-state index in [1.54, 1.807) is 0 Å². The molecule has 1 atom stereocenters. The zero-order valence-corrected chi connectivity index (χ0v) is 7.64. The molecule has 0 radical (unpaired) electrons. The van der Waals surface area contributed by atoms with Crippen LogP contribution in [0.1, 0.15) is 13.8 Å². The van der Waals surface area contributed by atoms with Crippen molar-refractivity contribution in [3.63, 3.8) is 0 Å². The molecule has 0 aliphatic carbocycles. The fourth-order valence-electron chi connectivity index (χ4n) is 0.449. The smallest absolute Gasteiger partial charge is 0.229 e. The quantitative estimate of drug-likeness (QED) is 0.332. The van der Waals surface area contributed by atoms with Crippen molar-refractivity contribution in [1.29, 1.82) is 0 Å². The van der Waals surface area contributed by atoms with E-state index >= 15 is 0 Å². The third-order valence-corrected chi connectivity index (χ3v) is 1.46. The first kappa shape index (κ1) is 9.50. The summed E-state index contributed by atoms with van der Waals surface area (Å²) < 4.78 is 6.19. The average molecular weight is 144 g/mol. The summed E-state index contributed by atoms with van der Waals surface area (Å²) in [5.41, 5.74) is 0. The van der Waals surface area contributed by atoms with Crippen molar-refractivity contribution in [3.8, 4) is 0 Å². The van der Waals surface area contributed by atoms with Crippen LogP contribution in [-0.2, 0) is 4.74 Å². The minimum absolute atomic E-state index is 0.178. The van der Waals surface area contributed by atoms with Gasteiger partial charge in [-0.2, -0.15) is 0 Å². The molecule has 0 rings (SSSR count). The molecule has 0 aliphatic heterocycles. The lowest BCUT2D eigenvalue weighted by Gasteiger charge is -2.31. The summed E-state index contributed by atoms with van der Waals surface area (Å²) in [6.45, 7) is 7.58. The monoisotopic (exact) mass is 144 g/mol. The highest BCUT2D eigenvalue weighted by atomic mass is 16.5. The largest absolute Gasteiger partial charge is 0.448 e. The van der Waals surface area contributed by atoms with Crippen molar-refractivity contribution < 1.29 is 9.22 Å². The third-order valence-electron chi connectivity index (χ3n) is 1.46. The molecule has 0 saturated carbocycles. The van der Waals surface area contributed by atoms with E-state index in [0.717, 1.165) is 10.2 Å². The van der Waals surface area contributed by atoms with E-state index in [1.807, 2.05) is 13.8 Å². The van der Waals surface area contributed by atoms with E-state index < -0.39 is 0 Å². The van der Waals surface area contributed by atoms with Gasteiger partial charge in [-0.1, -0.05) is 6.58 Å². The summed E-state index contributed by atoms with van der Waals surface area (Å²) in [7, 11) is 6.27. The summed E-state index contributed by atoms with van der Waals surface area (Å²) >= 11 is 0. The van der Waals surface area contributed by atoms with Crippen molar-refractivity contribution in [1.82, 2.24) is 0 Å². The van der Waals surface area contributed by atoms with Gasteiger partial charge in [-0.25, -0.2) is 0 Å². The first-order valence-corrected chi connectivity index (χ1v) is 3.47. The van der Waals surface area contributed by atoms with Crippen LogP contribution in [0.3, 0.4) is 0 Å². The molecule has 0 spiro atoms. The summed E-state index contributed by atoms with van der Waals surface area (Å²) in [5.74, 6) is 0.778. The first-order valence-electron chi connectivity index (χ1n) is 3.47. The second-order valence-corrected chi connectivity index (χ2v) is 3.54. The van der Waals surface area contributed by atoms with Gasteiger partial charge in [-0.15, -0.1) is 0 Å². The van der Waals surface area contributed by atoms with Crippen LogP contribution in [0.5, 0.6) is 0 Å². The number of ether oxygens (including phenoxy) is 1. The molecule has 0 N–H and O–H groups in total. The van der Waals surface area contributed by atoms with Gasteiger partial charge in [-0.3, -0.25) is 4.48 Å². The van der Waals surface area contributed by atoms with Crippen LogP contribution in [0.2, 0.25) is 0 Å². The summed E-state index contributed by atoms with van der Waals surface area (Å²) in [5, 5.41) is 0. The Kier molecular flexibility index (Phi) is 2.91. The van der Waals surface area contributed by atoms with Gasteiger partial charge in [-0.05, 0) is 6.92 Å². The van der Waals surface area contributed by atoms with E-state index in [4.69, 9.17) is 4.74 Å². The predicted molar refractivity (Wildman–Crippen MR) is 43.4 cm³/mol. The number of allylic oxidation sites excluding steroid dienone is 1. The normalized spacial score (nSPS) is 14.5. The molecule has 0 aromatic heterocycles. The van der Waals surface area contributed by atoms with E-state index in [9.17, 15) is 0 Å². The highest BCUT2D eigenvalue weighted by molar-refractivity contribution is 4.73. The Hall–Kier alpha value is -0.500. The van der Waals surface area contributed by atoms with Gasteiger partial charge in [0, 0.05) is 6.92 Å². The Bertz CT molecular complexity index is 124. The van der Waals surface area contributed by atoms with Crippen LogP contribution in [-0.4, -0.2) is 31.9 Å². The molecular weight excluding hydrogens is 126 g/mol. The van der Waals surface area contributed by atoms with Crippen molar-refractivity contribution in [2.24, 2.45) is 0 Å². The van der Waals surface area contributed by atoms with E-state index in [-0.39, 0.29) is 6.23 Å². The first-order chi connectivity index (χ1) is 4.34. The Labute approximate surface area is 63.7 Å². The Balaban J connectivity index is 3.85. The molecule has 1 unspecified atom stereocenters. The Morgan fingerprint density at radius 1 is 1.40 bits per heavy atom. The highest BCUT2D eigenvalue weighted by Crippen LogP contribution is 2.06. The summed E-state index contributed by atoms with van der Waals surface area (Å²) in [6, 6.07) is 0. The maximum atomic E-state index is 5.39. The molecule has 0 saturated heterocycles. The van der Waals surface area contributed by atoms with Crippen molar-refractivity contribution >= 4 is 0 Å². The minimum atomic E-state index is 0.178. The van der Waals surface area contributed by atoms with Crippen LogP contribution in [0, 0.1) is 0 Å². The molecule has 60 valence electrons. The molecule has 0 bridgehead atoms. The van der Waals surface area contributed by atoms with Gasteiger partial charge in [0.15, 0.2) is 0 Å². The van der Waals surface area contributed by atoms with Crippen molar-refractivity contribution in [2.75, 3.05) is 21.1 Å². The fraction of sp³-hybridized carbons (Fsp3) is 0.750. The molecule has 0 amide bonds. The van der Waals surface area contributed by atoms with Crippen LogP contribution in [0.25, 0.3) is 0 Å². The van der Waals surface area contributed by atoms with Crippen molar-refractivity contribution in [3.05, 3.63) is 12.3 Å². The molecular formula is C8H18NO+. The molecule has 0 heterocycles. The van der Waals surface area contributed by atoms with Crippen molar-refractivity contribution in [2.45, 2.75) is 20.1 Å². The maximum Gasteiger partial charge on any atom is 0.229 e. The summed E-state index contributed by atoms with van der Waals surface area (Å²) in [6.07, 6.45) is 0.178. The standard InChI is InChI=1S/C8H18NO/c1-7(2)10-8(3)9(4,5)6/h8H,1H2,2-6H3/q+1. The Morgan fingerprint density at radius 2 is 1.80 bits per heavy atom. The Morgan fingerprint density at radius 3 is 1.90 bits per heavy atom. The van der Waals surface area contributed by atoms with Gasteiger partial charge >= 0.3 is 0 Å². The van der Waals surface area contributed by atoms with Crippen LogP contribution >= 0.6 is 0 Å². The second kappa shape index (κ2) is 3.06. The minimum Gasteiger partial charge on any atom is -0.448 e. The number of nitrogens with zero attached hydrogens (tertiary/aromatic N) is 1. The zero-order valence-electron chi connectivity index (χ0n) is 7.64. The van der Waals surface area contributed by atoms with Gasteiger partial charge in [0.2, 0.25) is 6.23 Å². The van der Waals surface area contributed by atoms with E-state index in [0.29, 0.717) is 0 Å². The van der Waals surface area contributed by atoms with Crippen LogP contribution in [0.4, 0.5) is 0 Å². The van der Waals surface area contributed by atoms with Gasteiger partial charge in [0.25, 0.3) is 0 Å². The molecule has 0 fully saturated rings. The van der Waals surface area contributed by atoms with Gasteiger partial charge in [0.05, 0.1) is 26.9 Å². The maximum absolute atomic E-state index is 5.39. The third kappa shape index (κ3) is 3.51. The molecule has 0 aromatic carbocycles. The molecule has 0 aliphatic rings. The molecule has 10 heavy (non-hydrogen) atoms. The van der Waals surface area contributed by atoms with Crippen LogP contribution < -0.4 is 0 Å². The molecule has 2 heteroatoms. The average Bonchev–Trinajstić information content (AvgIpc) is 1.60. The fourth-order valence-corrected chi connectivity index (χ4v) is 0.449. The molecule has 0 aromatic rings.